The van der Waals surface area contributed by atoms with Gasteiger partial charge in [0.05, 0.1) is 15.8 Å². The van der Waals surface area contributed by atoms with Crippen LogP contribution in [0.3, 0.4) is 0 Å². The first kappa shape index (κ1) is 18.3. The summed E-state index contributed by atoms with van der Waals surface area (Å²) in [5.74, 6) is 0.336. The Morgan fingerprint density at radius 2 is 1.96 bits per heavy atom. The molecule has 0 fully saturated rings. The van der Waals surface area contributed by atoms with E-state index in [1.807, 2.05) is 19.9 Å². The molecule has 0 saturated carbocycles. The number of hydrogen-bond acceptors (Lipinski definition) is 4. The number of pyridine rings is 1. The first-order valence-electron chi connectivity index (χ1n) is 7.83. The third-order valence-corrected chi connectivity index (χ3v) is 5.46. The predicted octanol–water partition coefficient (Wildman–Crippen LogP) is 5.01. The third kappa shape index (κ3) is 3.43. The lowest BCUT2D eigenvalue weighted by Crippen LogP contribution is -2.08. The molecule has 0 amide bonds. The highest BCUT2D eigenvalue weighted by Crippen LogP contribution is 2.27. The van der Waals surface area contributed by atoms with Gasteiger partial charge in [0.2, 0.25) is 0 Å². The van der Waals surface area contributed by atoms with Gasteiger partial charge in [-0.25, -0.2) is 0 Å². The molecule has 0 atom stereocenters. The minimum atomic E-state index is 0.0647. The van der Waals surface area contributed by atoms with E-state index in [9.17, 15) is 4.79 Å². The number of ketones is 1. The molecule has 0 saturated heterocycles. The zero-order valence-corrected chi connectivity index (χ0v) is 16.7. The number of carbonyl (C=O) groups excluding carboxylic acids is 1. The van der Waals surface area contributed by atoms with Gasteiger partial charge in [0.15, 0.2) is 16.6 Å². The van der Waals surface area contributed by atoms with Crippen LogP contribution in [-0.4, -0.2) is 30.7 Å². The van der Waals surface area contributed by atoms with Gasteiger partial charge in [-0.2, -0.15) is 0 Å². The van der Waals surface area contributed by atoms with Crippen LogP contribution in [-0.2, 0) is 0 Å². The average molecular weight is 397 g/mol. The van der Waals surface area contributed by atoms with Crippen molar-refractivity contribution in [1.82, 2.24) is 19.2 Å². The van der Waals surface area contributed by atoms with Gasteiger partial charge in [-0.05, 0) is 39.8 Å². The molecule has 0 aliphatic heterocycles. The first-order chi connectivity index (χ1) is 11.8. The van der Waals surface area contributed by atoms with Gasteiger partial charge in [-0.3, -0.25) is 9.20 Å². The summed E-state index contributed by atoms with van der Waals surface area (Å²) in [5.41, 5.74) is 3.37. The quantitative estimate of drug-likeness (QED) is 0.449. The van der Waals surface area contributed by atoms with Crippen molar-refractivity contribution in [2.75, 3.05) is 5.75 Å². The van der Waals surface area contributed by atoms with Gasteiger partial charge in [-0.15, -0.1) is 10.2 Å². The number of aromatic nitrogens is 4. The average Bonchev–Trinajstić information content (AvgIpc) is 3.05. The molecule has 0 N–H and O–H groups in total. The maximum Gasteiger partial charge on any atom is 0.196 e. The molecule has 5 nitrogen and oxygen atoms in total. The standard InChI is InChI=1S/C17H18Cl2N4OS/c1-9(2)23-10(3)5-13(11(23)4)15(24)8-25-17-21-20-16-14(19)6-12(18)7-22(16)17/h5-7,9H,8H2,1-4H3. The van der Waals surface area contributed by atoms with Crippen molar-refractivity contribution in [2.24, 2.45) is 0 Å². The van der Waals surface area contributed by atoms with Gasteiger partial charge < -0.3 is 4.57 Å². The van der Waals surface area contributed by atoms with Crippen LogP contribution in [0.25, 0.3) is 5.65 Å². The molecule has 3 aromatic heterocycles. The van der Waals surface area contributed by atoms with Crippen molar-refractivity contribution in [3.63, 3.8) is 0 Å². The molecular weight excluding hydrogens is 379 g/mol. The Bertz CT molecular complexity index is 961. The van der Waals surface area contributed by atoms with Crippen molar-refractivity contribution in [1.29, 1.82) is 0 Å². The number of hydrogen-bond donors (Lipinski definition) is 0. The zero-order valence-electron chi connectivity index (χ0n) is 14.4. The van der Waals surface area contributed by atoms with E-state index in [1.165, 1.54) is 11.8 Å². The maximum atomic E-state index is 12.7. The molecule has 0 radical (unpaired) electrons. The predicted molar refractivity (Wildman–Crippen MR) is 102 cm³/mol. The zero-order chi connectivity index (χ0) is 18.3. The number of aryl methyl sites for hydroxylation is 1. The molecule has 0 aromatic carbocycles. The molecule has 3 aromatic rings. The summed E-state index contributed by atoms with van der Waals surface area (Å²) in [7, 11) is 0. The lowest BCUT2D eigenvalue weighted by atomic mass is 10.2. The molecule has 0 aliphatic rings. The first-order valence-corrected chi connectivity index (χ1v) is 9.58. The van der Waals surface area contributed by atoms with Gasteiger partial charge in [0.1, 0.15) is 0 Å². The highest BCUT2D eigenvalue weighted by Gasteiger charge is 2.18. The summed E-state index contributed by atoms with van der Waals surface area (Å²) in [4.78, 5) is 12.7. The normalized spacial score (nSPS) is 11.6. The van der Waals surface area contributed by atoms with Crippen LogP contribution < -0.4 is 0 Å². The fraction of sp³-hybridized carbons (Fsp3) is 0.353. The van der Waals surface area contributed by atoms with Crippen LogP contribution in [0.1, 0.15) is 41.6 Å². The largest absolute Gasteiger partial charge is 0.346 e. The van der Waals surface area contributed by atoms with Crippen LogP contribution in [0.4, 0.5) is 0 Å². The highest BCUT2D eigenvalue weighted by molar-refractivity contribution is 7.99. The van der Waals surface area contributed by atoms with Crippen LogP contribution in [0.15, 0.2) is 23.5 Å². The van der Waals surface area contributed by atoms with Gasteiger partial charge in [-0.1, -0.05) is 35.0 Å². The minimum absolute atomic E-state index is 0.0647. The Hall–Kier alpha value is -1.50. The van der Waals surface area contributed by atoms with Crippen LogP contribution in [0, 0.1) is 13.8 Å². The minimum Gasteiger partial charge on any atom is -0.346 e. The molecule has 0 spiro atoms. The van der Waals surface area contributed by atoms with E-state index in [0.717, 1.165) is 17.0 Å². The smallest absolute Gasteiger partial charge is 0.196 e. The summed E-state index contributed by atoms with van der Waals surface area (Å²) in [6, 6.07) is 3.89. The Labute approximate surface area is 160 Å². The van der Waals surface area contributed by atoms with Crippen molar-refractivity contribution in [3.05, 3.63) is 45.3 Å². The van der Waals surface area contributed by atoms with Crippen LogP contribution >= 0.6 is 35.0 Å². The Kier molecular flexibility index (Phi) is 5.14. The molecule has 132 valence electrons. The second kappa shape index (κ2) is 7.02. The highest BCUT2D eigenvalue weighted by atomic mass is 35.5. The van der Waals surface area contributed by atoms with Crippen molar-refractivity contribution >= 4 is 46.4 Å². The van der Waals surface area contributed by atoms with Crippen molar-refractivity contribution in [3.8, 4) is 0 Å². The molecule has 25 heavy (non-hydrogen) atoms. The van der Waals surface area contributed by atoms with E-state index in [-0.39, 0.29) is 11.5 Å². The molecular formula is C17H18Cl2N4OS. The molecule has 3 rings (SSSR count). The topological polar surface area (TPSA) is 52.2 Å². The van der Waals surface area contributed by atoms with Crippen molar-refractivity contribution < 1.29 is 4.79 Å². The lowest BCUT2D eigenvalue weighted by Gasteiger charge is -2.13. The van der Waals surface area contributed by atoms with E-state index in [2.05, 4.69) is 28.6 Å². The van der Waals surface area contributed by atoms with E-state index in [4.69, 9.17) is 23.2 Å². The van der Waals surface area contributed by atoms with Gasteiger partial charge >= 0.3 is 0 Å². The summed E-state index contributed by atoms with van der Waals surface area (Å²) < 4.78 is 3.88. The molecule has 0 bridgehead atoms. The Morgan fingerprint density at radius 1 is 1.24 bits per heavy atom. The molecule has 8 heteroatoms. The summed E-state index contributed by atoms with van der Waals surface area (Å²) in [6.45, 7) is 8.22. The fourth-order valence-corrected chi connectivity index (χ4v) is 4.36. The van der Waals surface area contributed by atoms with E-state index >= 15 is 0 Å². The molecule has 0 unspecified atom stereocenters. The van der Waals surface area contributed by atoms with Gasteiger partial charge in [0.25, 0.3) is 0 Å². The fourth-order valence-electron chi connectivity index (χ4n) is 3.06. The monoisotopic (exact) mass is 396 g/mol. The number of nitrogens with zero attached hydrogens (tertiary/aromatic N) is 4. The SMILES string of the molecule is Cc1cc(C(=O)CSc2nnc3c(Cl)cc(Cl)cn23)c(C)n1C(C)C. The second-order valence-electron chi connectivity index (χ2n) is 6.14. The van der Waals surface area contributed by atoms with Gasteiger partial charge in [0, 0.05) is 29.2 Å². The lowest BCUT2D eigenvalue weighted by molar-refractivity contribution is 0.102. The Morgan fingerprint density at radius 3 is 2.60 bits per heavy atom. The number of Topliss-reactive ketones (excluding diaryl/α,β-unsaturated/α-hetero) is 1. The molecule has 3 heterocycles. The summed E-state index contributed by atoms with van der Waals surface area (Å²) in [6.07, 6.45) is 1.69. The number of thioether (sulfide) groups is 1. The van der Waals surface area contributed by atoms with E-state index in [0.29, 0.717) is 26.9 Å². The van der Waals surface area contributed by atoms with Crippen molar-refractivity contribution in [2.45, 2.75) is 38.9 Å². The second-order valence-corrected chi connectivity index (χ2v) is 7.93. The molecule has 0 aliphatic carbocycles. The van der Waals surface area contributed by atoms with Crippen LogP contribution in [0.5, 0.6) is 0 Å². The van der Waals surface area contributed by atoms with E-state index < -0.39 is 0 Å². The number of carbonyl (C=O) groups is 1. The summed E-state index contributed by atoms with van der Waals surface area (Å²) >= 11 is 13.5. The number of fused-ring (bicyclic) bond motifs is 1. The number of rotatable bonds is 5. The van der Waals surface area contributed by atoms with Crippen LogP contribution in [0.2, 0.25) is 10.0 Å². The maximum absolute atomic E-state index is 12.7. The summed E-state index contributed by atoms with van der Waals surface area (Å²) in [5, 5.41) is 9.68. The van der Waals surface area contributed by atoms with E-state index in [1.54, 1.807) is 16.7 Å². The number of halogens is 2. The Balaban J connectivity index is 1.83. The third-order valence-electron chi connectivity index (χ3n) is 4.03.